The van der Waals surface area contributed by atoms with Gasteiger partial charge in [-0.25, -0.2) is 9.59 Å². The molecule has 1 rings (SSSR count). The van der Waals surface area contributed by atoms with Crippen LogP contribution >= 0.6 is 0 Å². The van der Waals surface area contributed by atoms with E-state index < -0.39 is 48.1 Å². The van der Waals surface area contributed by atoms with Gasteiger partial charge in [-0.2, -0.15) is 0 Å². The first-order valence-electron chi connectivity index (χ1n) is 12.0. The maximum Gasteiger partial charge on any atom is 0.345 e. The van der Waals surface area contributed by atoms with Crippen LogP contribution in [0.1, 0.15) is 53.0 Å². The van der Waals surface area contributed by atoms with E-state index in [1.54, 1.807) is 37.4 Å². The number of benzene rings is 1. The summed E-state index contributed by atoms with van der Waals surface area (Å²) < 4.78 is 10.7. The van der Waals surface area contributed by atoms with Gasteiger partial charge in [0.05, 0.1) is 0 Å². The molecule has 0 aliphatic carbocycles. The van der Waals surface area contributed by atoms with Gasteiger partial charge in [-0.1, -0.05) is 58.0 Å². The molecule has 0 spiro atoms. The second-order valence-electron chi connectivity index (χ2n) is 9.60. The van der Waals surface area contributed by atoms with Gasteiger partial charge in [0.15, 0.2) is 6.10 Å². The Morgan fingerprint density at radius 3 is 1.97 bits per heavy atom. The van der Waals surface area contributed by atoms with Crippen molar-refractivity contribution in [1.82, 2.24) is 10.2 Å². The van der Waals surface area contributed by atoms with Crippen LogP contribution in [-0.2, 0) is 35.1 Å². The molecule has 0 aliphatic rings. The molecule has 0 heterocycles. The van der Waals surface area contributed by atoms with Gasteiger partial charge in [-0.15, -0.1) is 0 Å². The molecule has 35 heavy (non-hydrogen) atoms. The number of nitrogens with one attached hydrogen (secondary N) is 1. The minimum Gasteiger partial charge on any atom is -0.478 e. The Balaban J connectivity index is 2.96. The molecule has 0 radical (unpaired) electrons. The fourth-order valence-electron chi connectivity index (χ4n) is 3.64. The minimum absolute atomic E-state index is 0.00322. The molecule has 1 amide bonds. The quantitative estimate of drug-likeness (QED) is 0.380. The number of aliphatic carboxylic acids is 1. The normalized spacial score (nSPS) is 14.7. The highest BCUT2D eigenvalue weighted by Gasteiger charge is 2.35. The van der Waals surface area contributed by atoms with Crippen molar-refractivity contribution in [3.05, 3.63) is 35.9 Å². The molecule has 0 unspecified atom stereocenters. The third kappa shape index (κ3) is 10.1. The van der Waals surface area contributed by atoms with Crippen LogP contribution in [0.25, 0.3) is 0 Å². The summed E-state index contributed by atoms with van der Waals surface area (Å²) in [7, 11) is 3.08. The lowest BCUT2D eigenvalue weighted by molar-refractivity contribution is -0.172. The van der Waals surface area contributed by atoms with Gasteiger partial charge in [0.1, 0.15) is 12.1 Å². The number of carboxylic acid groups (broad SMARTS) is 1. The summed E-state index contributed by atoms with van der Waals surface area (Å²) in [5.74, 6) is -2.95. The van der Waals surface area contributed by atoms with E-state index >= 15 is 0 Å². The summed E-state index contributed by atoms with van der Waals surface area (Å²) in [6.07, 6.45) is -1.72. The van der Waals surface area contributed by atoms with Gasteiger partial charge in [0.2, 0.25) is 6.10 Å². The number of nitrogens with zero attached hydrogens (tertiary/aromatic N) is 1. The summed E-state index contributed by atoms with van der Waals surface area (Å²) >= 11 is 0. The average molecular weight is 493 g/mol. The molecule has 0 bridgehead atoms. The minimum atomic E-state index is -1.40. The van der Waals surface area contributed by atoms with Crippen LogP contribution in [-0.4, -0.2) is 72.2 Å². The lowest BCUT2D eigenvalue weighted by atomic mass is 10.0. The Kier molecular flexibility index (Phi) is 12.4. The van der Waals surface area contributed by atoms with Crippen molar-refractivity contribution < 1.29 is 33.8 Å². The van der Waals surface area contributed by atoms with Crippen LogP contribution in [0, 0.1) is 11.8 Å². The van der Waals surface area contributed by atoms with Crippen molar-refractivity contribution in [2.24, 2.45) is 11.8 Å². The van der Waals surface area contributed by atoms with Gasteiger partial charge < -0.3 is 24.8 Å². The summed E-state index contributed by atoms with van der Waals surface area (Å²) in [6, 6.07) is 7.26. The molecule has 0 saturated carbocycles. The van der Waals surface area contributed by atoms with Gasteiger partial charge in [0, 0.05) is 13.5 Å². The Morgan fingerprint density at radius 2 is 1.49 bits per heavy atom. The zero-order chi connectivity index (χ0) is 26.7. The predicted octanol–water partition coefficient (Wildman–Crippen LogP) is 2.66. The van der Waals surface area contributed by atoms with Crippen molar-refractivity contribution in [2.45, 2.75) is 78.2 Å². The van der Waals surface area contributed by atoms with E-state index in [2.05, 4.69) is 5.32 Å². The maximum absolute atomic E-state index is 13.1. The molecule has 9 nitrogen and oxygen atoms in total. The van der Waals surface area contributed by atoms with Crippen LogP contribution in [0.4, 0.5) is 0 Å². The van der Waals surface area contributed by atoms with Crippen LogP contribution in [0.15, 0.2) is 30.3 Å². The molecule has 1 aromatic rings. The van der Waals surface area contributed by atoms with Crippen LogP contribution in [0.5, 0.6) is 0 Å². The predicted molar refractivity (Wildman–Crippen MR) is 132 cm³/mol. The van der Waals surface area contributed by atoms with Gasteiger partial charge in [0.25, 0.3) is 5.91 Å². The first kappa shape index (κ1) is 30.1. The van der Waals surface area contributed by atoms with Crippen molar-refractivity contribution in [2.75, 3.05) is 14.1 Å². The first-order chi connectivity index (χ1) is 16.4. The first-order valence-corrected chi connectivity index (χ1v) is 12.0. The third-order valence-corrected chi connectivity index (χ3v) is 5.56. The number of likely N-dealkylation sites (N-methyl/N-ethyl adjacent to an activating group) is 2. The van der Waals surface area contributed by atoms with E-state index in [0.717, 1.165) is 0 Å². The average Bonchev–Trinajstić information content (AvgIpc) is 2.79. The maximum atomic E-state index is 13.1. The highest BCUT2D eigenvalue weighted by atomic mass is 16.6. The molecular formula is C26H40N2O7. The van der Waals surface area contributed by atoms with Crippen molar-refractivity contribution >= 4 is 23.8 Å². The number of carbonyl (C=O) groups is 4. The second kappa shape index (κ2) is 14.5. The number of amides is 1. The fourth-order valence-corrected chi connectivity index (χ4v) is 3.64. The lowest BCUT2D eigenvalue weighted by Crippen LogP contribution is -2.50. The highest BCUT2D eigenvalue weighted by Crippen LogP contribution is 2.17. The standard InChI is InChI=1S/C26H40N2O7/c1-16(2)13-20(27-6)25(32)34-18(5)23(29)28(7)21(14-17(3)4)26(33)35-22(24(30)31)15-19-11-9-8-10-12-19/h8-12,16-18,20-22,27H,13-15H2,1-7H3,(H,30,31)/t18-,20+,21+,22-/m1/s1. The molecule has 9 heteroatoms. The fraction of sp³-hybridized carbons (Fsp3) is 0.615. The van der Waals surface area contributed by atoms with E-state index in [1.807, 2.05) is 27.7 Å². The largest absolute Gasteiger partial charge is 0.478 e. The van der Waals surface area contributed by atoms with Crippen molar-refractivity contribution in [3.63, 3.8) is 0 Å². The SMILES string of the molecule is CN[C@@H](CC(C)C)C(=O)O[C@H](C)C(=O)N(C)[C@@H](CC(C)C)C(=O)O[C@H](Cc1ccccc1)C(=O)O. The lowest BCUT2D eigenvalue weighted by Gasteiger charge is -2.31. The number of carbonyl (C=O) groups excluding carboxylic acids is 3. The van der Waals surface area contributed by atoms with Crippen molar-refractivity contribution in [1.29, 1.82) is 0 Å². The zero-order valence-corrected chi connectivity index (χ0v) is 21.8. The molecule has 2 N–H and O–H groups in total. The van der Waals surface area contributed by atoms with E-state index in [1.165, 1.54) is 18.9 Å². The Hall–Kier alpha value is -2.94. The van der Waals surface area contributed by atoms with Crippen LogP contribution in [0.2, 0.25) is 0 Å². The molecule has 0 aromatic heterocycles. The Morgan fingerprint density at radius 1 is 0.914 bits per heavy atom. The monoisotopic (exact) mass is 492 g/mol. The smallest absolute Gasteiger partial charge is 0.345 e. The molecule has 196 valence electrons. The zero-order valence-electron chi connectivity index (χ0n) is 21.8. The molecule has 4 atom stereocenters. The van der Waals surface area contributed by atoms with E-state index in [9.17, 15) is 24.3 Å². The number of hydrogen-bond donors (Lipinski definition) is 2. The molecule has 0 aliphatic heterocycles. The van der Waals surface area contributed by atoms with E-state index in [0.29, 0.717) is 12.0 Å². The number of ether oxygens (including phenoxy) is 2. The summed E-state index contributed by atoms with van der Waals surface area (Å²) in [4.78, 5) is 51.6. The van der Waals surface area contributed by atoms with Crippen LogP contribution < -0.4 is 5.32 Å². The van der Waals surface area contributed by atoms with E-state index in [-0.39, 0.29) is 24.7 Å². The Bertz CT molecular complexity index is 841. The number of esters is 2. The molecular weight excluding hydrogens is 452 g/mol. The molecule has 0 fully saturated rings. The van der Waals surface area contributed by atoms with Gasteiger partial charge >= 0.3 is 17.9 Å². The summed E-state index contributed by atoms with van der Waals surface area (Å²) in [5, 5.41) is 12.5. The topological polar surface area (TPSA) is 122 Å². The molecule has 0 saturated heterocycles. The summed E-state index contributed by atoms with van der Waals surface area (Å²) in [5.41, 5.74) is 0.707. The molecule has 1 aromatic carbocycles. The highest BCUT2D eigenvalue weighted by molar-refractivity contribution is 5.89. The van der Waals surface area contributed by atoms with Gasteiger partial charge in [-0.05, 0) is 44.2 Å². The third-order valence-electron chi connectivity index (χ3n) is 5.56. The summed E-state index contributed by atoms with van der Waals surface area (Å²) in [6.45, 7) is 9.16. The number of rotatable bonds is 14. The number of carboxylic acids is 1. The van der Waals surface area contributed by atoms with Crippen molar-refractivity contribution in [3.8, 4) is 0 Å². The van der Waals surface area contributed by atoms with E-state index in [4.69, 9.17) is 9.47 Å². The van der Waals surface area contributed by atoms with Crippen LogP contribution in [0.3, 0.4) is 0 Å². The van der Waals surface area contributed by atoms with Gasteiger partial charge in [-0.3, -0.25) is 9.59 Å². The second-order valence-corrected chi connectivity index (χ2v) is 9.60. The number of hydrogen-bond acceptors (Lipinski definition) is 7. The Labute approximate surface area is 208 Å².